The lowest BCUT2D eigenvalue weighted by atomic mass is 9.88. The first-order chi connectivity index (χ1) is 21.5. The van der Waals surface area contributed by atoms with E-state index in [1.807, 2.05) is 0 Å². The average Bonchev–Trinajstić information content (AvgIpc) is 2.99. The third kappa shape index (κ3) is 8.08. The molecule has 2 amide bonds. The van der Waals surface area contributed by atoms with Crippen LogP contribution in [0.4, 0.5) is 0 Å². The number of rotatable bonds is 12. The highest BCUT2D eigenvalue weighted by molar-refractivity contribution is 5.76. The van der Waals surface area contributed by atoms with Gasteiger partial charge in [-0.05, 0) is 0 Å². The molecule has 16 atom stereocenters. The molecule has 3 heterocycles. The molecule has 0 spiro atoms. The zero-order chi connectivity index (χ0) is 34.7. The van der Waals surface area contributed by atoms with Crippen LogP contribution in [-0.4, -0.2) is 191 Å². The van der Waals surface area contributed by atoms with E-state index in [1.165, 1.54) is 0 Å². The van der Waals surface area contributed by atoms with Gasteiger partial charge in [0.2, 0.25) is 11.8 Å². The molecule has 3 rings (SSSR count). The van der Waals surface area contributed by atoms with Crippen molar-refractivity contribution in [2.75, 3.05) is 19.8 Å². The van der Waals surface area contributed by atoms with E-state index in [-0.39, 0.29) is 0 Å². The molecule has 3 aliphatic heterocycles. The molecule has 3 saturated heterocycles. The second-order valence-electron chi connectivity index (χ2n) is 11.2. The Morgan fingerprint density at radius 1 is 0.848 bits per heavy atom. The molecule has 0 aromatic carbocycles. The minimum atomic E-state index is -3.04. The zero-order valence-electron chi connectivity index (χ0n) is 24.7. The van der Waals surface area contributed by atoms with Crippen LogP contribution in [0.2, 0.25) is 0 Å². The molecule has 46 heavy (non-hydrogen) atoms. The first kappa shape index (κ1) is 38.3. The van der Waals surface area contributed by atoms with Crippen molar-refractivity contribution in [2.24, 2.45) is 0 Å². The molecule has 0 aromatic heterocycles. The van der Waals surface area contributed by atoms with Crippen LogP contribution in [0.3, 0.4) is 0 Å². The molecule has 3 fully saturated rings. The number of aliphatic carboxylic acids is 1. The maximum atomic E-state index is 12.6. The summed E-state index contributed by atoms with van der Waals surface area (Å²) < 4.78 is 27.3. The van der Waals surface area contributed by atoms with Crippen molar-refractivity contribution in [3.05, 3.63) is 0 Å². The lowest BCUT2D eigenvalue weighted by Gasteiger charge is -2.50. The second-order valence-corrected chi connectivity index (χ2v) is 11.2. The second kappa shape index (κ2) is 15.8. The number of ether oxygens (including phenoxy) is 5. The Morgan fingerprint density at radius 3 is 1.91 bits per heavy atom. The summed E-state index contributed by atoms with van der Waals surface area (Å²) in [6.07, 6.45) is -25.8. The van der Waals surface area contributed by atoms with Gasteiger partial charge in [-0.1, -0.05) is 0 Å². The van der Waals surface area contributed by atoms with Crippen LogP contribution in [0.15, 0.2) is 0 Å². The fourth-order valence-electron chi connectivity index (χ4n) is 5.56. The number of aliphatic hydroxyl groups is 10. The van der Waals surface area contributed by atoms with E-state index in [0.717, 1.165) is 13.8 Å². The van der Waals surface area contributed by atoms with Crippen LogP contribution in [0.1, 0.15) is 20.3 Å². The zero-order valence-corrected chi connectivity index (χ0v) is 24.7. The molecule has 21 nitrogen and oxygen atoms in total. The largest absolute Gasteiger partial charge is 0.477 e. The molecular formula is C25H42N2O19. The summed E-state index contributed by atoms with van der Waals surface area (Å²) in [7, 11) is 0. The number of amides is 2. The molecule has 1 unspecified atom stereocenters. The Morgan fingerprint density at radius 2 is 1.39 bits per heavy atom. The van der Waals surface area contributed by atoms with E-state index in [9.17, 15) is 70.6 Å². The number of carboxylic acids is 1. The van der Waals surface area contributed by atoms with Crippen molar-refractivity contribution >= 4 is 17.8 Å². The van der Waals surface area contributed by atoms with Crippen LogP contribution in [-0.2, 0) is 38.1 Å². The standard InChI is InChI=1S/C25H42N2O19/c1-7(31)26-13-9(33)3-25(24(40)41,45-20(13)15(35)10(34)4-28)46-21-17(37)12(6-30)43-23(18(21)38)44-19-14(27-8(2)32)22(39)42-11(5-29)16(19)36/h9-23,28-30,33-39H,3-6H2,1-2H3,(H,26,31)(H,27,32)(H,40,41)/t9-,10+,11+,12+,13+,14+,15+,16-,17-,18+,19+,20?,21-,22+,23-,25-/m0/s1. The Hall–Kier alpha value is -2.19. The van der Waals surface area contributed by atoms with E-state index in [1.54, 1.807) is 0 Å². The molecule has 0 radical (unpaired) electrons. The molecule has 0 aromatic rings. The molecule has 0 bridgehead atoms. The number of hydrogen-bond donors (Lipinski definition) is 13. The van der Waals surface area contributed by atoms with Gasteiger partial charge in [0.05, 0.1) is 32.0 Å². The van der Waals surface area contributed by atoms with Gasteiger partial charge in [-0.25, -0.2) is 4.79 Å². The summed E-state index contributed by atoms with van der Waals surface area (Å²) in [5.41, 5.74) is 0. The predicted octanol–water partition coefficient (Wildman–Crippen LogP) is -8.08. The smallest absolute Gasteiger partial charge is 0.364 e. The van der Waals surface area contributed by atoms with Gasteiger partial charge < -0.3 is 90.5 Å². The monoisotopic (exact) mass is 674 g/mol. The van der Waals surface area contributed by atoms with Gasteiger partial charge in [-0.3, -0.25) is 9.59 Å². The topological polar surface area (TPSA) is 344 Å². The van der Waals surface area contributed by atoms with Gasteiger partial charge >= 0.3 is 5.97 Å². The fourth-order valence-corrected chi connectivity index (χ4v) is 5.56. The highest BCUT2D eigenvalue weighted by atomic mass is 16.8. The minimum Gasteiger partial charge on any atom is -0.477 e. The lowest BCUT2D eigenvalue weighted by Crippen LogP contribution is -2.71. The summed E-state index contributed by atoms with van der Waals surface area (Å²) in [6.45, 7) is -0.777. The molecule has 21 heteroatoms. The fraction of sp³-hybridized carbons (Fsp3) is 0.880. The Bertz CT molecular complexity index is 1050. The SMILES string of the molecule is CC(=O)N[C@@H]1[C@@H](O[C@@H]2O[C@H](CO)[C@H](O)[C@H](O[C@]3(C(=O)O)C[C@H](O)[C@@H](NC(C)=O)C([C@H](O)[C@H](O)CO)O3)[C@H]2O)[C@@H](O)[C@@H](CO)O[C@H]1O. The number of carboxylic acid groups (broad SMARTS) is 1. The Labute approximate surface area is 260 Å². The van der Waals surface area contributed by atoms with E-state index in [0.29, 0.717) is 0 Å². The van der Waals surface area contributed by atoms with Gasteiger partial charge in [0.1, 0.15) is 67.1 Å². The van der Waals surface area contributed by atoms with E-state index < -0.39 is 142 Å². The summed E-state index contributed by atoms with van der Waals surface area (Å²) in [6, 6.07) is -3.08. The molecule has 0 saturated carbocycles. The van der Waals surface area contributed by atoms with Crippen LogP contribution >= 0.6 is 0 Å². The van der Waals surface area contributed by atoms with Crippen LogP contribution in [0.5, 0.6) is 0 Å². The number of aliphatic hydroxyl groups excluding tert-OH is 10. The summed E-state index contributed by atoms with van der Waals surface area (Å²) in [5.74, 6) is -6.50. The van der Waals surface area contributed by atoms with Gasteiger partial charge in [0, 0.05) is 20.3 Å². The Kier molecular flexibility index (Phi) is 13.1. The third-order valence-electron chi connectivity index (χ3n) is 7.87. The summed E-state index contributed by atoms with van der Waals surface area (Å²) >= 11 is 0. The molecule has 266 valence electrons. The first-order valence-corrected chi connectivity index (χ1v) is 14.2. The first-order valence-electron chi connectivity index (χ1n) is 14.2. The van der Waals surface area contributed by atoms with Gasteiger partial charge in [0.25, 0.3) is 5.79 Å². The van der Waals surface area contributed by atoms with Crippen LogP contribution in [0.25, 0.3) is 0 Å². The van der Waals surface area contributed by atoms with E-state index in [4.69, 9.17) is 23.7 Å². The van der Waals surface area contributed by atoms with Crippen LogP contribution < -0.4 is 10.6 Å². The highest BCUT2D eigenvalue weighted by Gasteiger charge is 2.60. The van der Waals surface area contributed by atoms with Crippen molar-refractivity contribution in [3.8, 4) is 0 Å². The highest BCUT2D eigenvalue weighted by Crippen LogP contribution is 2.38. The Balaban J connectivity index is 1.98. The number of carbonyl (C=O) groups excluding carboxylic acids is 2. The van der Waals surface area contributed by atoms with Crippen LogP contribution in [0, 0.1) is 0 Å². The predicted molar refractivity (Wildman–Crippen MR) is 142 cm³/mol. The van der Waals surface area contributed by atoms with Crippen molar-refractivity contribution < 1.29 is 94.2 Å². The molecule has 13 N–H and O–H groups in total. The quantitative estimate of drug-likeness (QED) is 0.0913. The lowest BCUT2D eigenvalue weighted by molar-refractivity contribution is -0.380. The molecule has 0 aliphatic carbocycles. The number of nitrogens with one attached hydrogen (secondary N) is 2. The van der Waals surface area contributed by atoms with Crippen molar-refractivity contribution in [2.45, 2.75) is 118 Å². The van der Waals surface area contributed by atoms with E-state index >= 15 is 0 Å². The minimum absolute atomic E-state index is 0.720. The third-order valence-corrected chi connectivity index (χ3v) is 7.87. The van der Waals surface area contributed by atoms with E-state index in [2.05, 4.69) is 10.6 Å². The van der Waals surface area contributed by atoms with Crippen molar-refractivity contribution in [1.29, 1.82) is 0 Å². The maximum absolute atomic E-state index is 12.6. The number of carbonyl (C=O) groups is 3. The normalized spacial score (nSPS) is 42.9. The van der Waals surface area contributed by atoms with Gasteiger partial charge in [0.15, 0.2) is 12.6 Å². The van der Waals surface area contributed by atoms with Crippen molar-refractivity contribution in [1.82, 2.24) is 10.6 Å². The summed E-state index contributed by atoms with van der Waals surface area (Å²) in [4.78, 5) is 36.2. The number of hydrogen-bond acceptors (Lipinski definition) is 18. The molecular weight excluding hydrogens is 632 g/mol. The van der Waals surface area contributed by atoms with Crippen molar-refractivity contribution in [3.63, 3.8) is 0 Å². The average molecular weight is 675 g/mol. The summed E-state index contributed by atoms with van der Waals surface area (Å²) in [5, 5.41) is 118. The molecule has 3 aliphatic rings. The maximum Gasteiger partial charge on any atom is 0.364 e. The van der Waals surface area contributed by atoms with Gasteiger partial charge in [-0.15, -0.1) is 0 Å². The van der Waals surface area contributed by atoms with Gasteiger partial charge in [-0.2, -0.15) is 0 Å².